The molecule has 0 spiro atoms. The normalized spacial score (nSPS) is 18.7. The van der Waals surface area contributed by atoms with Gasteiger partial charge in [0, 0.05) is 0 Å². The van der Waals surface area contributed by atoms with Crippen LogP contribution in [0, 0.1) is 0 Å². The quantitative estimate of drug-likeness (QED) is 0.528. The van der Waals surface area contributed by atoms with Crippen LogP contribution in [0.15, 0.2) is 17.2 Å². The fourth-order valence-corrected chi connectivity index (χ4v) is 2.35. The molecule has 2 rings (SSSR count). The standard InChI is InChI=1S/C11H10Cl2F2N4O/c1-5-17-19(10(4-20)18(5)11(14)15)9-3-8(16)6(12)2-7(9)13/h2-4,10-11H,16H2,1H3. The van der Waals surface area contributed by atoms with Crippen molar-refractivity contribution in [3.8, 4) is 0 Å². The van der Waals surface area contributed by atoms with E-state index in [4.69, 9.17) is 28.9 Å². The van der Waals surface area contributed by atoms with Crippen LogP contribution in [-0.4, -0.2) is 29.7 Å². The maximum Gasteiger partial charge on any atom is 0.318 e. The summed E-state index contributed by atoms with van der Waals surface area (Å²) in [6.45, 7) is -1.49. The topological polar surface area (TPSA) is 61.9 Å². The van der Waals surface area contributed by atoms with Crippen molar-refractivity contribution in [2.24, 2.45) is 5.10 Å². The minimum atomic E-state index is -2.86. The first-order valence-corrected chi connectivity index (χ1v) is 6.23. The molecule has 1 atom stereocenters. The first kappa shape index (κ1) is 14.8. The third-order valence-corrected chi connectivity index (χ3v) is 3.44. The van der Waals surface area contributed by atoms with E-state index in [0.29, 0.717) is 11.2 Å². The Bertz CT molecular complexity index is 582. The second kappa shape index (κ2) is 5.41. The molecule has 20 heavy (non-hydrogen) atoms. The predicted octanol–water partition coefficient (Wildman–Crippen LogP) is 2.78. The molecule has 0 saturated heterocycles. The van der Waals surface area contributed by atoms with Gasteiger partial charge in [0.1, 0.15) is 5.84 Å². The van der Waals surface area contributed by atoms with E-state index in [9.17, 15) is 13.6 Å². The number of carbonyl (C=O) groups is 1. The highest BCUT2D eigenvalue weighted by Gasteiger charge is 2.38. The maximum atomic E-state index is 12.9. The van der Waals surface area contributed by atoms with Gasteiger partial charge in [0.25, 0.3) is 0 Å². The summed E-state index contributed by atoms with van der Waals surface area (Å²) in [5.41, 5.74) is 6.09. The number of nitrogens with zero attached hydrogens (tertiary/aromatic N) is 3. The van der Waals surface area contributed by atoms with E-state index in [0.717, 1.165) is 5.01 Å². The Balaban J connectivity index is 2.48. The Morgan fingerprint density at radius 3 is 2.60 bits per heavy atom. The van der Waals surface area contributed by atoms with Crippen LogP contribution in [0.3, 0.4) is 0 Å². The maximum absolute atomic E-state index is 12.9. The SMILES string of the molecule is CC1=NN(c2cc(N)c(Cl)cc2Cl)C(C=O)N1C(F)F. The van der Waals surface area contributed by atoms with Gasteiger partial charge in [0.2, 0.25) is 0 Å². The molecular formula is C11H10Cl2F2N4O. The number of amidine groups is 1. The zero-order valence-corrected chi connectivity index (χ0v) is 11.7. The lowest BCUT2D eigenvalue weighted by Crippen LogP contribution is -2.45. The highest BCUT2D eigenvalue weighted by atomic mass is 35.5. The molecule has 5 nitrogen and oxygen atoms in total. The van der Waals surface area contributed by atoms with E-state index in [-0.39, 0.29) is 27.3 Å². The van der Waals surface area contributed by atoms with E-state index in [1.165, 1.54) is 19.1 Å². The van der Waals surface area contributed by atoms with Gasteiger partial charge in [-0.15, -0.1) is 0 Å². The summed E-state index contributed by atoms with van der Waals surface area (Å²) in [4.78, 5) is 11.7. The monoisotopic (exact) mass is 322 g/mol. The molecule has 1 heterocycles. The molecule has 1 aliphatic heterocycles. The smallest absolute Gasteiger partial charge is 0.318 e. The molecule has 1 aliphatic rings. The number of nitrogens with two attached hydrogens (primary N) is 1. The van der Waals surface area contributed by atoms with Crippen molar-refractivity contribution < 1.29 is 13.6 Å². The average Bonchev–Trinajstić information content (AvgIpc) is 2.70. The van der Waals surface area contributed by atoms with Gasteiger partial charge in [-0.1, -0.05) is 23.2 Å². The highest BCUT2D eigenvalue weighted by molar-refractivity contribution is 6.38. The Labute approximate surface area is 123 Å². The van der Waals surface area contributed by atoms with Gasteiger partial charge < -0.3 is 5.73 Å². The number of alkyl halides is 2. The number of hydrazone groups is 1. The van der Waals surface area contributed by atoms with Crippen LogP contribution in [0.4, 0.5) is 20.2 Å². The van der Waals surface area contributed by atoms with E-state index in [1.807, 2.05) is 0 Å². The van der Waals surface area contributed by atoms with Gasteiger partial charge in [-0.05, 0) is 19.1 Å². The summed E-state index contributed by atoms with van der Waals surface area (Å²) < 4.78 is 25.9. The van der Waals surface area contributed by atoms with Crippen LogP contribution >= 0.6 is 23.2 Å². The van der Waals surface area contributed by atoms with Crippen molar-refractivity contribution in [2.45, 2.75) is 19.6 Å². The molecule has 0 saturated carbocycles. The zero-order chi connectivity index (χ0) is 15.0. The number of anilines is 2. The van der Waals surface area contributed by atoms with Gasteiger partial charge >= 0.3 is 6.55 Å². The van der Waals surface area contributed by atoms with Gasteiger partial charge in [-0.2, -0.15) is 13.9 Å². The molecule has 0 radical (unpaired) electrons. The summed E-state index contributed by atoms with van der Waals surface area (Å²) in [7, 11) is 0. The fourth-order valence-electron chi connectivity index (χ4n) is 1.88. The molecule has 0 aliphatic carbocycles. The average molecular weight is 323 g/mol. The number of carbonyl (C=O) groups excluding carboxylic acids is 1. The van der Waals surface area contributed by atoms with Crippen molar-refractivity contribution in [1.29, 1.82) is 0 Å². The second-order valence-electron chi connectivity index (χ2n) is 4.05. The molecule has 2 N–H and O–H groups in total. The zero-order valence-electron chi connectivity index (χ0n) is 10.2. The van der Waals surface area contributed by atoms with E-state index < -0.39 is 12.7 Å². The largest absolute Gasteiger partial charge is 0.397 e. The summed E-state index contributed by atoms with van der Waals surface area (Å²) in [5.74, 6) is 0.00156. The molecule has 1 unspecified atom stereocenters. The molecular weight excluding hydrogens is 313 g/mol. The summed E-state index contributed by atoms with van der Waals surface area (Å²) in [6.07, 6.45) is -0.930. The lowest BCUT2D eigenvalue weighted by Gasteiger charge is -2.27. The first-order valence-electron chi connectivity index (χ1n) is 5.47. The molecule has 0 bridgehead atoms. The van der Waals surface area contributed by atoms with E-state index >= 15 is 0 Å². The van der Waals surface area contributed by atoms with Crippen molar-refractivity contribution in [1.82, 2.24) is 4.90 Å². The van der Waals surface area contributed by atoms with Gasteiger partial charge in [0.05, 0.1) is 21.4 Å². The van der Waals surface area contributed by atoms with Crippen molar-refractivity contribution in [2.75, 3.05) is 10.7 Å². The third-order valence-electron chi connectivity index (χ3n) is 2.81. The van der Waals surface area contributed by atoms with Crippen LogP contribution in [0.1, 0.15) is 6.92 Å². The second-order valence-corrected chi connectivity index (χ2v) is 4.87. The highest BCUT2D eigenvalue weighted by Crippen LogP contribution is 2.36. The van der Waals surface area contributed by atoms with Gasteiger partial charge in [0.15, 0.2) is 12.5 Å². The third kappa shape index (κ3) is 2.38. The van der Waals surface area contributed by atoms with Crippen molar-refractivity contribution >= 4 is 46.7 Å². The molecule has 9 heteroatoms. The predicted molar refractivity (Wildman–Crippen MR) is 74.2 cm³/mol. The lowest BCUT2D eigenvalue weighted by atomic mass is 10.2. The van der Waals surface area contributed by atoms with Crippen LogP contribution in [-0.2, 0) is 4.79 Å². The van der Waals surface area contributed by atoms with Crippen LogP contribution < -0.4 is 10.7 Å². The molecule has 1 aromatic rings. The Hall–Kier alpha value is -1.60. The Kier molecular flexibility index (Phi) is 4.01. The minimum absolute atomic E-state index is 0.00156. The molecule has 108 valence electrons. The first-order chi connectivity index (χ1) is 9.36. The molecule has 0 aromatic heterocycles. The van der Waals surface area contributed by atoms with Crippen LogP contribution in [0.5, 0.6) is 0 Å². The molecule has 0 fully saturated rings. The van der Waals surface area contributed by atoms with E-state index in [2.05, 4.69) is 5.10 Å². The van der Waals surface area contributed by atoms with Crippen molar-refractivity contribution in [3.05, 3.63) is 22.2 Å². The fraction of sp³-hybridized carbons (Fsp3) is 0.273. The van der Waals surface area contributed by atoms with Crippen LogP contribution in [0.25, 0.3) is 0 Å². The number of benzene rings is 1. The number of hydrogen-bond acceptors (Lipinski definition) is 5. The number of hydrogen-bond donors (Lipinski definition) is 1. The Morgan fingerprint density at radius 1 is 1.40 bits per heavy atom. The summed E-state index contributed by atoms with van der Waals surface area (Å²) in [6, 6.07) is 2.75. The summed E-state index contributed by atoms with van der Waals surface area (Å²) >= 11 is 11.8. The number of rotatable bonds is 3. The molecule has 1 aromatic carbocycles. The lowest BCUT2D eigenvalue weighted by molar-refractivity contribution is -0.114. The van der Waals surface area contributed by atoms with Gasteiger partial charge in [-0.25, -0.2) is 5.01 Å². The van der Waals surface area contributed by atoms with Crippen LogP contribution in [0.2, 0.25) is 10.0 Å². The molecule has 0 amide bonds. The summed E-state index contributed by atoms with van der Waals surface area (Å²) in [5, 5.41) is 5.40. The minimum Gasteiger partial charge on any atom is -0.397 e. The number of nitrogen functional groups attached to an aromatic ring is 1. The number of aldehydes is 1. The van der Waals surface area contributed by atoms with Gasteiger partial charge in [-0.3, -0.25) is 9.69 Å². The van der Waals surface area contributed by atoms with E-state index in [1.54, 1.807) is 0 Å². The number of halogens is 4. The van der Waals surface area contributed by atoms with Crippen molar-refractivity contribution in [3.63, 3.8) is 0 Å². The Morgan fingerprint density at radius 2 is 2.05 bits per heavy atom.